The molecule has 200 valence electrons. The molecule has 4 atom stereocenters. The van der Waals surface area contributed by atoms with Gasteiger partial charge in [0.05, 0.1) is 13.4 Å². The van der Waals surface area contributed by atoms with Crippen LogP contribution in [-0.4, -0.2) is 99.7 Å². The molecule has 33 heavy (non-hydrogen) atoms. The summed E-state index contributed by atoms with van der Waals surface area (Å²) in [4.78, 5) is 17.8. The zero-order valence-corrected chi connectivity index (χ0v) is 20.6. The average molecular weight is 474 g/mol. The summed E-state index contributed by atoms with van der Waals surface area (Å²) in [5.41, 5.74) is 1.45. The van der Waals surface area contributed by atoms with Gasteiger partial charge in [0.15, 0.2) is 0 Å². The number of methoxy groups -OCH3 is 1. The first-order valence-electron chi connectivity index (χ1n) is 11.6. The molecule has 6 nitrogen and oxygen atoms in total. The third-order valence-electron chi connectivity index (χ3n) is 6.67. The van der Waals surface area contributed by atoms with Crippen molar-refractivity contribution >= 4 is 5.78 Å². The Kier molecular flexibility index (Phi) is 21.5. The fourth-order valence-electron chi connectivity index (χ4n) is 4.45. The van der Waals surface area contributed by atoms with Crippen LogP contribution in [0.5, 0.6) is 0 Å². The van der Waals surface area contributed by atoms with Gasteiger partial charge in [0.2, 0.25) is 0 Å². The van der Waals surface area contributed by atoms with Crippen LogP contribution >= 0.6 is 0 Å². The van der Waals surface area contributed by atoms with Gasteiger partial charge >= 0.3 is 0 Å². The van der Waals surface area contributed by atoms with Crippen LogP contribution < -0.4 is 0 Å². The molecule has 3 saturated heterocycles. The van der Waals surface area contributed by atoms with E-state index in [9.17, 15) is 4.79 Å². The fraction of sp³-hybridized carbons (Fsp3) is 0.889. The number of Topliss-reactive ketones (excluding diaryl/α,β-unsaturated/α-hetero) is 1. The Labute approximate surface area is 207 Å². The first-order chi connectivity index (χ1) is 14.2. The first-order valence-corrected chi connectivity index (χ1v) is 11.6. The summed E-state index contributed by atoms with van der Waals surface area (Å²) < 4.78 is 5.01. The van der Waals surface area contributed by atoms with Crippen LogP contribution in [0.3, 0.4) is 0 Å². The number of hydrogen-bond acceptors (Lipinski definition) is 6. The van der Waals surface area contributed by atoms with Crippen LogP contribution in [0.1, 0.15) is 62.3 Å². The minimum Gasteiger partial charge on any atom is -0.504 e. The maximum absolute atomic E-state index is 10.9. The molecular formula is C27H59N3O3. The van der Waals surface area contributed by atoms with Crippen LogP contribution in [0.15, 0.2) is 11.8 Å². The molecule has 4 unspecified atom stereocenters. The molecule has 0 radical (unpaired) electrons. The van der Waals surface area contributed by atoms with Crippen LogP contribution in [0.25, 0.3) is 0 Å². The molecule has 3 fully saturated rings. The Bertz CT molecular complexity index is 527. The van der Waals surface area contributed by atoms with Crippen molar-refractivity contribution in [3.05, 3.63) is 11.8 Å². The van der Waals surface area contributed by atoms with Crippen LogP contribution in [0.4, 0.5) is 0 Å². The largest absolute Gasteiger partial charge is 0.504 e. The van der Waals surface area contributed by atoms with Crippen molar-refractivity contribution in [2.24, 2.45) is 23.7 Å². The number of hydrogen-bond donors (Lipinski definition) is 1. The Morgan fingerprint density at radius 2 is 1.39 bits per heavy atom. The van der Waals surface area contributed by atoms with E-state index in [1.54, 1.807) is 7.11 Å². The second-order valence-electron chi connectivity index (χ2n) is 9.69. The number of nitrogens with zero attached hydrogens (tertiary/aromatic N) is 3. The third kappa shape index (κ3) is 14.1. The van der Waals surface area contributed by atoms with Crippen molar-refractivity contribution in [1.82, 2.24) is 14.7 Å². The Morgan fingerprint density at radius 1 is 0.879 bits per heavy atom. The highest BCUT2D eigenvalue weighted by atomic mass is 16.5. The van der Waals surface area contributed by atoms with Crippen LogP contribution in [0.2, 0.25) is 0 Å². The van der Waals surface area contributed by atoms with Gasteiger partial charge in [0.1, 0.15) is 5.78 Å². The number of carbonyl (C=O) groups excluding carboxylic acids is 1. The summed E-state index contributed by atoms with van der Waals surface area (Å²) in [6, 6.07) is 0. The second kappa shape index (κ2) is 19.4. The van der Waals surface area contributed by atoms with E-state index in [-0.39, 0.29) is 28.2 Å². The summed E-state index contributed by atoms with van der Waals surface area (Å²) >= 11 is 0. The van der Waals surface area contributed by atoms with Crippen molar-refractivity contribution < 1.29 is 14.6 Å². The number of aliphatic hydroxyl groups is 1. The van der Waals surface area contributed by atoms with Crippen molar-refractivity contribution in [2.75, 3.05) is 74.1 Å². The Balaban J connectivity index is -0.000000393. The van der Waals surface area contributed by atoms with E-state index < -0.39 is 0 Å². The first kappa shape index (κ1) is 36.6. The number of likely N-dealkylation sites (tertiary alicyclic amines) is 3. The molecule has 0 aromatic heterocycles. The molecule has 0 aromatic rings. The standard InChI is InChI=1S/C9H17NO.C8H17NO.C7H13NO.3CH4/c1-8-6-10(2)5-4-9(8)7-11-3;1-7-5-9(2)4-3-8(7)6-10;1-6-5-8(2)4-3-7(6)9;;;/h7-8H,4-6H2,1-3H3;7-8,10H,3-6H2,1-2H3;6H,3-5H2,1-2H3;3*1H4/b9-7+;;;;;. The summed E-state index contributed by atoms with van der Waals surface area (Å²) in [6.07, 6.45) is 4.97. The maximum Gasteiger partial charge on any atom is 0.138 e. The van der Waals surface area contributed by atoms with E-state index in [1.807, 2.05) is 13.2 Å². The van der Waals surface area contributed by atoms with Gasteiger partial charge < -0.3 is 24.5 Å². The average Bonchev–Trinajstić information content (AvgIpc) is 2.68. The van der Waals surface area contributed by atoms with Gasteiger partial charge in [-0.15, -0.1) is 0 Å². The van der Waals surface area contributed by atoms with E-state index in [2.05, 4.69) is 49.7 Å². The smallest absolute Gasteiger partial charge is 0.138 e. The highest BCUT2D eigenvalue weighted by Crippen LogP contribution is 2.21. The number of carbonyl (C=O) groups is 1. The van der Waals surface area contributed by atoms with Crippen molar-refractivity contribution in [3.63, 3.8) is 0 Å². The molecule has 0 spiro atoms. The lowest BCUT2D eigenvalue weighted by Crippen LogP contribution is -2.37. The molecule has 6 heteroatoms. The normalized spacial score (nSPS) is 29.7. The predicted molar refractivity (Wildman–Crippen MR) is 145 cm³/mol. The molecule has 0 amide bonds. The van der Waals surface area contributed by atoms with Gasteiger partial charge in [0, 0.05) is 51.7 Å². The molecule has 3 aliphatic heterocycles. The second-order valence-corrected chi connectivity index (χ2v) is 9.69. The monoisotopic (exact) mass is 473 g/mol. The lowest BCUT2D eigenvalue weighted by atomic mass is 9.88. The topological polar surface area (TPSA) is 56.3 Å². The van der Waals surface area contributed by atoms with Crippen molar-refractivity contribution in [2.45, 2.75) is 62.3 Å². The van der Waals surface area contributed by atoms with Gasteiger partial charge in [-0.05, 0) is 63.9 Å². The van der Waals surface area contributed by atoms with Crippen molar-refractivity contribution in [3.8, 4) is 0 Å². The van der Waals surface area contributed by atoms with Gasteiger partial charge in [-0.25, -0.2) is 0 Å². The number of aliphatic hydroxyl groups excluding tert-OH is 1. The summed E-state index contributed by atoms with van der Waals surface area (Å²) in [7, 11) is 8.09. The van der Waals surface area contributed by atoms with Gasteiger partial charge in [-0.2, -0.15) is 0 Å². The van der Waals surface area contributed by atoms with E-state index in [4.69, 9.17) is 9.84 Å². The Morgan fingerprint density at radius 3 is 1.82 bits per heavy atom. The minimum absolute atomic E-state index is 0. The predicted octanol–water partition coefficient (Wildman–Crippen LogP) is 4.49. The van der Waals surface area contributed by atoms with E-state index in [1.165, 1.54) is 12.1 Å². The van der Waals surface area contributed by atoms with Gasteiger partial charge in [-0.1, -0.05) is 43.1 Å². The maximum atomic E-state index is 10.9. The van der Waals surface area contributed by atoms with E-state index in [0.29, 0.717) is 30.1 Å². The SMILES string of the molecule is C.C.C.CC1CN(C)CCC1=O.CC1CN(C)CCC1CO.CO/C=C1\CCN(C)CC1C. The minimum atomic E-state index is 0. The zero-order chi connectivity index (χ0) is 22.7. The van der Waals surface area contributed by atoms with E-state index >= 15 is 0 Å². The van der Waals surface area contributed by atoms with Crippen LogP contribution in [-0.2, 0) is 9.53 Å². The summed E-state index contributed by atoms with van der Waals surface area (Å²) in [6.45, 7) is 13.3. The molecule has 0 aromatic carbocycles. The molecule has 3 rings (SSSR count). The van der Waals surface area contributed by atoms with Crippen molar-refractivity contribution in [1.29, 1.82) is 0 Å². The molecule has 0 saturated carbocycles. The number of piperidine rings is 3. The van der Waals surface area contributed by atoms with Crippen LogP contribution in [0, 0.1) is 23.7 Å². The van der Waals surface area contributed by atoms with Gasteiger partial charge in [0.25, 0.3) is 0 Å². The number of ketones is 1. The quantitative estimate of drug-likeness (QED) is 0.596. The highest BCUT2D eigenvalue weighted by Gasteiger charge is 2.23. The number of rotatable bonds is 2. The lowest BCUT2D eigenvalue weighted by Gasteiger charge is -2.33. The number of ether oxygens (including phenoxy) is 1. The fourth-order valence-corrected chi connectivity index (χ4v) is 4.45. The lowest BCUT2D eigenvalue weighted by molar-refractivity contribution is -0.125. The zero-order valence-electron chi connectivity index (χ0n) is 20.6. The molecule has 0 bridgehead atoms. The van der Waals surface area contributed by atoms with Gasteiger partial charge in [-0.3, -0.25) is 4.79 Å². The summed E-state index contributed by atoms with van der Waals surface area (Å²) in [5, 5.41) is 8.93. The molecule has 3 heterocycles. The highest BCUT2D eigenvalue weighted by molar-refractivity contribution is 5.81. The Hall–Kier alpha value is -0.950. The summed E-state index contributed by atoms with van der Waals surface area (Å²) in [5.74, 6) is 2.57. The van der Waals surface area contributed by atoms with E-state index in [0.717, 1.165) is 52.0 Å². The molecular weight excluding hydrogens is 414 g/mol. The molecule has 1 N–H and O–H groups in total. The third-order valence-corrected chi connectivity index (χ3v) is 6.67. The molecule has 3 aliphatic rings. The molecule has 0 aliphatic carbocycles.